The molecule has 0 saturated carbocycles. The topological polar surface area (TPSA) is 65.2 Å². The summed E-state index contributed by atoms with van der Waals surface area (Å²) in [7, 11) is -1.11. The van der Waals surface area contributed by atoms with Crippen molar-refractivity contribution >= 4 is 19.2 Å². The van der Waals surface area contributed by atoms with Crippen LogP contribution in [0.2, 0.25) is 25.7 Å². The standard InChI is InChI=1S/C15H25N5O2Si/c1-23(2,3)9-8-22-12-18-10-16-14-13(18)15(21)20(11-17-14)19-6-4-5-7-19/h10-11H,4-9,12H2,1-3H3. The van der Waals surface area contributed by atoms with E-state index >= 15 is 0 Å². The van der Waals surface area contributed by atoms with Gasteiger partial charge >= 0.3 is 0 Å². The number of hydrogen-bond donors (Lipinski definition) is 0. The van der Waals surface area contributed by atoms with E-state index in [1.165, 1.54) is 0 Å². The Morgan fingerprint density at radius 3 is 2.57 bits per heavy atom. The lowest BCUT2D eigenvalue weighted by Gasteiger charge is -2.19. The third-order valence-corrected chi connectivity index (χ3v) is 5.84. The quantitative estimate of drug-likeness (QED) is 0.593. The molecule has 1 aliphatic rings. The van der Waals surface area contributed by atoms with E-state index in [-0.39, 0.29) is 5.56 Å². The smallest absolute Gasteiger partial charge is 0.298 e. The molecule has 126 valence electrons. The van der Waals surface area contributed by atoms with Gasteiger partial charge in [0.25, 0.3) is 5.56 Å². The van der Waals surface area contributed by atoms with Gasteiger partial charge in [-0.1, -0.05) is 19.6 Å². The fourth-order valence-corrected chi connectivity index (χ4v) is 3.47. The van der Waals surface area contributed by atoms with Crippen LogP contribution < -0.4 is 10.6 Å². The molecule has 7 nitrogen and oxygen atoms in total. The molecule has 0 N–H and O–H groups in total. The lowest BCUT2D eigenvalue weighted by Crippen LogP contribution is -2.40. The molecule has 1 saturated heterocycles. The summed E-state index contributed by atoms with van der Waals surface area (Å²) in [6.45, 7) is 9.82. The van der Waals surface area contributed by atoms with E-state index in [1.54, 1.807) is 21.9 Å². The van der Waals surface area contributed by atoms with E-state index in [2.05, 4.69) is 29.6 Å². The van der Waals surface area contributed by atoms with E-state index in [0.29, 0.717) is 17.9 Å². The summed E-state index contributed by atoms with van der Waals surface area (Å²) in [5.41, 5.74) is 0.940. The highest BCUT2D eigenvalue weighted by Crippen LogP contribution is 2.10. The Hall–Kier alpha value is -1.67. The van der Waals surface area contributed by atoms with Crippen molar-refractivity contribution in [2.75, 3.05) is 24.7 Å². The van der Waals surface area contributed by atoms with Crippen LogP contribution in [0.1, 0.15) is 12.8 Å². The SMILES string of the molecule is C[Si](C)(C)CCOCn1cnc2ncn(N3CCCC3)c(=O)c21. The first-order valence-electron chi connectivity index (χ1n) is 8.21. The second-order valence-corrected chi connectivity index (χ2v) is 12.9. The molecule has 3 heterocycles. The summed E-state index contributed by atoms with van der Waals surface area (Å²) in [4.78, 5) is 21.3. The zero-order chi connectivity index (χ0) is 16.4. The third kappa shape index (κ3) is 3.64. The number of ether oxygens (including phenoxy) is 1. The lowest BCUT2D eigenvalue weighted by atomic mass is 10.4. The van der Waals surface area contributed by atoms with Crippen molar-refractivity contribution in [2.24, 2.45) is 0 Å². The summed E-state index contributed by atoms with van der Waals surface area (Å²) >= 11 is 0. The number of hydrogen-bond acceptors (Lipinski definition) is 5. The van der Waals surface area contributed by atoms with E-state index in [1.807, 2.05) is 5.01 Å². The Morgan fingerprint density at radius 1 is 1.17 bits per heavy atom. The van der Waals surface area contributed by atoms with Crippen molar-refractivity contribution in [2.45, 2.75) is 45.3 Å². The van der Waals surface area contributed by atoms with E-state index < -0.39 is 8.07 Å². The Labute approximate surface area is 136 Å². The van der Waals surface area contributed by atoms with Crippen molar-refractivity contribution in [1.82, 2.24) is 19.2 Å². The Kier molecular flexibility index (Phi) is 4.54. The van der Waals surface area contributed by atoms with Crippen LogP contribution in [-0.2, 0) is 11.5 Å². The summed E-state index contributed by atoms with van der Waals surface area (Å²) in [6, 6.07) is 1.11. The van der Waals surface area contributed by atoms with Gasteiger partial charge in [0.2, 0.25) is 0 Å². The van der Waals surface area contributed by atoms with Crippen molar-refractivity contribution < 1.29 is 4.74 Å². The monoisotopic (exact) mass is 335 g/mol. The Balaban J connectivity index is 1.78. The molecule has 0 atom stereocenters. The number of imidazole rings is 1. The highest BCUT2D eigenvalue weighted by Gasteiger charge is 2.18. The number of aromatic nitrogens is 4. The predicted octanol–water partition coefficient (Wildman–Crippen LogP) is 1.64. The van der Waals surface area contributed by atoms with Gasteiger partial charge in [-0.25, -0.2) is 14.6 Å². The predicted molar refractivity (Wildman–Crippen MR) is 93.1 cm³/mol. The maximum atomic E-state index is 12.8. The lowest BCUT2D eigenvalue weighted by molar-refractivity contribution is 0.0897. The molecule has 0 spiro atoms. The van der Waals surface area contributed by atoms with E-state index in [4.69, 9.17) is 4.74 Å². The molecular weight excluding hydrogens is 310 g/mol. The first-order valence-corrected chi connectivity index (χ1v) is 11.9. The highest BCUT2D eigenvalue weighted by molar-refractivity contribution is 6.76. The molecule has 1 aliphatic heterocycles. The summed E-state index contributed by atoms with van der Waals surface area (Å²) in [5.74, 6) is 0. The fourth-order valence-electron chi connectivity index (χ4n) is 2.71. The Bertz CT molecular complexity index is 728. The molecule has 0 aliphatic carbocycles. The van der Waals surface area contributed by atoms with Crippen LogP contribution >= 0.6 is 0 Å². The van der Waals surface area contributed by atoms with Crippen molar-refractivity contribution in [3.8, 4) is 0 Å². The molecular formula is C15H25N5O2Si. The normalized spacial score (nSPS) is 15.7. The van der Waals surface area contributed by atoms with Gasteiger partial charge in [-0.05, 0) is 18.9 Å². The zero-order valence-corrected chi connectivity index (χ0v) is 15.2. The van der Waals surface area contributed by atoms with Crippen molar-refractivity contribution in [3.63, 3.8) is 0 Å². The van der Waals surface area contributed by atoms with Crippen LogP contribution in [0, 0.1) is 0 Å². The molecule has 2 aromatic rings. The zero-order valence-electron chi connectivity index (χ0n) is 14.2. The van der Waals surface area contributed by atoms with Gasteiger partial charge in [0.05, 0.1) is 6.33 Å². The van der Waals surface area contributed by atoms with E-state index in [0.717, 1.165) is 38.6 Å². The van der Waals surface area contributed by atoms with Gasteiger partial charge < -0.3 is 14.3 Å². The first-order chi connectivity index (χ1) is 11.0. The molecule has 8 heteroatoms. The summed E-state index contributed by atoms with van der Waals surface area (Å²) in [5, 5.41) is 2.04. The average molecular weight is 335 g/mol. The van der Waals surface area contributed by atoms with E-state index in [9.17, 15) is 4.79 Å². The summed E-state index contributed by atoms with van der Waals surface area (Å²) in [6.07, 6.45) is 5.45. The number of rotatable bonds is 6. The minimum Gasteiger partial charge on any atom is -0.361 e. The largest absolute Gasteiger partial charge is 0.361 e. The Morgan fingerprint density at radius 2 is 1.87 bits per heavy atom. The van der Waals surface area contributed by atoms with Crippen molar-refractivity contribution in [1.29, 1.82) is 0 Å². The van der Waals surface area contributed by atoms with Gasteiger partial charge in [-0.2, -0.15) is 0 Å². The molecule has 0 unspecified atom stereocenters. The van der Waals surface area contributed by atoms with Gasteiger partial charge in [0.1, 0.15) is 13.1 Å². The van der Waals surface area contributed by atoms with Crippen molar-refractivity contribution in [3.05, 3.63) is 23.0 Å². The third-order valence-electron chi connectivity index (χ3n) is 4.13. The molecule has 0 aromatic carbocycles. The summed E-state index contributed by atoms with van der Waals surface area (Å²) < 4.78 is 9.14. The van der Waals surface area contributed by atoms with Crippen LogP contribution in [0.5, 0.6) is 0 Å². The van der Waals surface area contributed by atoms with Crippen LogP contribution in [0.25, 0.3) is 11.2 Å². The van der Waals surface area contributed by atoms with Gasteiger partial charge in [-0.3, -0.25) is 4.79 Å². The highest BCUT2D eigenvalue weighted by atomic mass is 28.3. The fraction of sp³-hybridized carbons (Fsp3) is 0.667. The number of nitrogens with zero attached hydrogens (tertiary/aromatic N) is 5. The van der Waals surface area contributed by atoms with Gasteiger partial charge in [0.15, 0.2) is 11.2 Å². The van der Waals surface area contributed by atoms with Crippen LogP contribution in [0.4, 0.5) is 0 Å². The second-order valence-electron chi connectivity index (χ2n) is 7.29. The first kappa shape index (κ1) is 16.2. The minimum atomic E-state index is -1.11. The maximum Gasteiger partial charge on any atom is 0.298 e. The molecule has 0 amide bonds. The maximum absolute atomic E-state index is 12.8. The average Bonchev–Trinajstić information content (AvgIpc) is 3.12. The molecule has 0 bridgehead atoms. The molecule has 0 radical (unpaired) electrons. The van der Waals surface area contributed by atoms with Crippen LogP contribution in [0.15, 0.2) is 17.4 Å². The second kappa shape index (κ2) is 6.44. The molecule has 1 fully saturated rings. The van der Waals surface area contributed by atoms with Gasteiger partial charge in [-0.15, -0.1) is 0 Å². The minimum absolute atomic E-state index is 0.0665. The molecule has 3 rings (SSSR count). The number of fused-ring (bicyclic) bond motifs is 1. The van der Waals surface area contributed by atoms with Gasteiger partial charge in [0, 0.05) is 27.8 Å². The van der Waals surface area contributed by atoms with Crippen LogP contribution in [0.3, 0.4) is 0 Å². The molecule has 23 heavy (non-hydrogen) atoms. The molecule has 2 aromatic heterocycles. The van der Waals surface area contributed by atoms with Crippen LogP contribution in [-0.4, -0.2) is 47.0 Å².